The second kappa shape index (κ2) is 6.35. The number of hydrogen-bond acceptors (Lipinski definition) is 4. The van der Waals surface area contributed by atoms with Crippen LogP contribution in [0.4, 0.5) is 11.4 Å². The largest absolute Gasteiger partial charge is 0.393 e. The Bertz CT molecular complexity index is 417. The highest BCUT2D eigenvalue weighted by Gasteiger charge is 2.14. The molecule has 0 saturated heterocycles. The molecule has 0 fully saturated rings. The van der Waals surface area contributed by atoms with Crippen LogP contribution in [0.3, 0.4) is 0 Å². The molecule has 0 amide bonds. The number of nitrogens with zero attached hydrogens (tertiary/aromatic N) is 2. The van der Waals surface area contributed by atoms with E-state index in [0.29, 0.717) is 6.04 Å². The number of rotatable bonds is 6. The van der Waals surface area contributed by atoms with Crippen molar-refractivity contribution in [2.75, 3.05) is 12.8 Å². The summed E-state index contributed by atoms with van der Waals surface area (Å²) in [5, 5.41) is 10.7. The monoisotopic (exact) mass is 251 g/mol. The van der Waals surface area contributed by atoms with Crippen LogP contribution in [0, 0.1) is 10.1 Å². The molecule has 0 saturated carbocycles. The molecular formula is C13H21N3O2. The van der Waals surface area contributed by atoms with Gasteiger partial charge in [-0.25, -0.2) is 0 Å². The van der Waals surface area contributed by atoms with Gasteiger partial charge in [-0.15, -0.1) is 0 Å². The van der Waals surface area contributed by atoms with Crippen molar-refractivity contribution in [1.82, 2.24) is 4.90 Å². The summed E-state index contributed by atoms with van der Waals surface area (Å²) in [7, 11) is 2.06. The van der Waals surface area contributed by atoms with Gasteiger partial charge in [-0.2, -0.15) is 0 Å². The Morgan fingerprint density at radius 3 is 2.44 bits per heavy atom. The van der Waals surface area contributed by atoms with Crippen molar-refractivity contribution in [2.45, 2.75) is 39.3 Å². The van der Waals surface area contributed by atoms with Gasteiger partial charge in [0.15, 0.2) is 0 Å². The average molecular weight is 251 g/mol. The topological polar surface area (TPSA) is 72.4 Å². The van der Waals surface area contributed by atoms with Crippen LogP contribution in [-0.2, 0) is 6.54 Å². The zero-order valence-corrected chi connectivity index (χ0v) is 11.2. The highest BCUT2D eigenvalue weighted by molar-refractivity contribution is 5.59. The maximum atomic E-state index is 10.7. The summed E-state index contributed by atoms with van der Waals surface area (Å²) in [5.41, 5.74) is 6.89. The molecule has 0 bridgehead atoms. The van der Waals surface area contributed by atoms with Crippen LogP contribution in [-0.4, -0.2) is 22.9 Å². The zero-order valence-electron chi connectivity index (χ0n) is 11.2. The highest BCUT2D eigenvalue weighted by Crippen LogP contribution is 2.23. The zero-order chi connectivity index (χ0) is 13.7. The molecule has 0 aromatic heterocycles. The van der Waals surface area contributed by atoms with E-state index in [4.69, 9.17) is 5.73 Å². The van der Waals surface area contributed by atoms with Crippen LogP contribution in [0.2, 0.25) is 0 Å². The number of benzene rings is 1. The van der Waals surface area contributed by atoms with E-state index in [1.165, 1.54) is 6.07 Å². The van der Waals surface area contributed by atoms with Crippen molar-refractivity contribution in [1.29, 1.82) is 0 Å². The second-order valence-electron chi connectivity index (χ2n) is 4.54. The van der Waals surface area contributed by atoms with E-state index in [1.807, 2.05) is 0 Å². The Morgan fingerprint density at radius 2 is 2.00 bits per heavy atom. The number of nitrogens with two attached hydrogens (primary N) is 1. The van der Waals surface area contributed by atoms with Crippen LogP contribution >= 0.6 is 0 Å². The van der Waals surface area contributed by atoms with Crippen molar-refractivity contribution in [3.05, 3.63) is 33.9 Å². The number of hydrogen-bond donors (Lipinski definition) is 1. The molecule has 5 heteroatoms. The van der Waals surface area contributed by atoms with E-state index < -0.39 is 4.92 Å². The molecule has 0 aliphatic rings. The van der Waals surface area contributed by atoms with Crippen LogP contribution in [0.25, 0.3) is 0 Å². The molecule has 1 aromatic carbocycles. The lowest BCUT2D eigenvalue weighted by Crippen LogP contribution is -2.29. The van der Waals surface area contributed by atoms with E-state index in [2.05, 4.69) is 25.8 Å². The maximum Gasteiger partial charge on any atom is 0.292 e. The number of nitro benzene ring substituents is 1. The maximum absolute atomic E-state index is 10.7. The number of nitrogen functional groups attached to an aromatic ring is 1. The van der Waals surface area contributed by atoms with Crippen LogP contribution in [0.15, 0.2) is 18.2 Å². The first kappa shape index (κ1) is 14.4. The Labute approximate surface area is 108 Å². The van der Waals surface area contributed by atoms with Crippen molar-refractivity contribution >= 4 is 11.4 Å². The number of anilines is 1. The van der Waals surface area contributed by atoms with Gasteiger partial charge in [0, 0.05) is 18.7 Å². The molecule has 0 heterocycles. The van der Waals surface area contributed by atoms with Crippen molar-refractivity contribution < 1.29 is 4.92 Å². The van der Waals surface area contributed by atoms with Gasteiger partial charge in [0.05, 0.1) is 4.92 Å². The first-order chi connectivity index (χ1) is 8.49. The summed E-state index contributed by atoms with van der Waals surface area (Å²) in [5.74, 6) is 0. The van der Waals surface area contributed by atoms with E-state index in [-0.39, 0.29) is 11.4 Å². The van der Waals surface area contributed by atoms with Crippen LogP contribution < -0.4 is 5.73 Å². The molecular weight excluding hydrogens is 230 g/mol. The van der Waals surface area contributed by atoms with Gasteiger partial charge in [0.2, 0.25) is 0 Å². The minimum atomic E-state index is -0.455. The van der Waals surface area contributed by atoms with E-state index in [0.717, 1.165) is 24.9 Å². The van der Waals surface area contributed by atoms with Crippen molar-refractivity contribution in [2.24, 2.45) is 0 Å². The summed E-state index contributed by atoms with van der Waals surface area (Å²) in [6.45, 7) is 5.08. The Morgan fingerprint density at radius 1 is 1.39 bits per heavy atom. The van der Waals surface area contributed by atoms with Gasteiger partial charge < -0.3 is 5.73 Å². The van der Waals surface area contributed by atoms with Crippen molar-refractivity contribution in [3.63, 3.8) is 0 Å². The van der Waals surface area contributed by atoms with Crippen molar-refractivity contribution in [3.8, 4) is 0 Å². The molecule has 0 unspecified atom stereocenters. The molecule has 0 aliphatic heterocycles. The van der Waals surface area contributed by atoms with Gasteiger partial charge in [0.1, 0.15) is 5.69 Å². The lowest BCUT2D eigenvalue weighted by Gasteiger charge is -2.26. The molecule has 100 valence electrons. The van der Waals surface area contributed by atoms with E-state index >= 15 is 0 Å². The fraction of sp³-hybridized carbons (Fsp3) is 0.538. The van der Waals surface area contributed by atoms with E-state index in [9.17, 15) is 10.1 Å². The predicted octanol–water partition coefficient (Wildman–Crippen LogP) is 2.80. The van der Waals surface area contributed by atoms with Gasteiger partial charge in [-0.1, -0.05) is 19.9 Å². The third-order valence-corrected chi connectivity index (χ3v) is 3.29. The summed E-state index contributed by atoms with van der Waals surface area (Å²) in [4.78, 5) is 12.5. The number of nitro groups is 1. The Balaban J connectivity index is 2.80. The first-order valence-corrected chi connectivity index (χ1v) is 6.22. The molecule has 0 atom stereocenters. The summed E-state index contributed by atoms with van der Waals surface area (Å²) in [6.07, 6.45) is 2.19. The second-order valence-corrected chi connectivity index (χ2v) is 4.54. The summed E-state index contributed by atoms with van der Waals surface area (Å²) >= 11 is 0. The highest BCUT2D eigenvalue weighted by atomic mass is 16.6. The fourth-order valence-corrected chi connectivity index (χ4v) is 2.20. The third-order valence-electron chi connectivity index (χ3n) is 3.29. The van der Waals surface area contributed by atoms with Gasteiger partial charge in [-0.05, 0) is 31.5 Å². The normalized spacial score (nSPS) is 11.2. The fourth-order valence-electron chi connectivity index (χ4n) is 2.20. The van der Waals surface area contributed by atoms with Gasteiger partial charge in [0.25, 0.3) is 5.69 Å². The molecule has 18 heavy (non-hydrogen) atoms. The van der Waals surface area contributed by atoms with Gasteiger partial charge >= 0.3 is 0 Å². The third kappa shape index (κ3) is 3.43. The molecule has 0 radical (unpaired) electrons. The quantitative estimate of drug-likeness (QED) is 0.479. The lowest BCUT2D eigenvalue weighted by atomic mass is 10.1. The Hall–Kier alpha value is -1.62. The first-order valence-electron chi connectivity index (χ1n) is 6.22. The van der Waals surface area contributed by atoms with Crippen LogP contribution in [0.1, 0.15) is 32.3 Å². The molecule has 1 rings (SSSR count). The minimum absolute atomic E-state index is 0.0241. The molecule has 0 aliphatic carbocycles. The van der Waals surface area contributed by atoms with Crippen LogP contribution in [0.5, 0.6) is 0 Å². The molecule has 1 aromatic rings. The minimum Gasteiger partial charge on any atom is -0.393 e. The molecule has 5 nitrogen and oxygen atoms in total. The van der Waals surface area contributed by atoms with Gasteiger partial charge in [-0.3, -0.25) is 15.0 Å². The Kier molecular flexibility index (Phi) is 5.09. The molecule has 2 N–H and O–H groups in total. The average Bonchev–Trinajstić information content (AvgIpc) is 2.30. The standard InChI is InChI=1S/C13H21N3O2/c1-4-11(5-2)15(3)9-10-6-7-13(16(17)18)12(14)8-10/h6-8,11H,4-5,9,14H2,1-3H3. The summed E-state index contributed by atoms with van der Waals surface area (Å²) < 4.78 is 0. The summed E-state index contributed by atoms with van der Waals surface area (Å²) in [6, 6.07) is 5.47. The lowest BCUT2D eigenvalue weighted by molar-refractivity contribution is -0.383. The SMILES string of the molecule is CCC(CC)N(C)Cc1ccc([N+](=O)[O-])c(N)c1. The molecule has 0 spiro atoms. The van der Waals surface area contributed by atoms with E-state index in [1.54, 1.807) is 12.1 Å². The smallest absolute Gasteiger partial charge is 0.292 e. The predicted molar refractivity (Wildman–Crippen MR) is 73.3 cm³/mol.